The summed E-state index contributed by atoms with van der Waals surface area (Å²) >= 11 is 0. The van der Waals surface area contributed by atoms with E-state index >= 15 is 8.78 Å². The molecule has 2 aliphatic carbocycles. The van der Waals surface area contributed by atoms with Crippen LogP contribution in [0.2, 0.25) is 0 Å². The van der Waals surface area contributed by atoms with Crippen LogP contribution in [-0.4, -0.2) is 30.1 Å². The maximum Gasteiger partial charge on any atom is 0.133 e. The Hall–Kier alpha value is -7.58. The summed E-state index contributed by atoms with van der Waals surface area (Å²) in [4.78, 5) is 20.2. The fourth-order valence-electron chi connectivity index (χ4n) is 11.3. The molecule has 0 fully saturated rings. The van der Waals surface area contributed by atoms with Gasteiger partial charge in [0.1, 0.15) is 23.1 Å². The lowest BCUT2D eigenvalue weighted by molar-refractivity contribution is 0.473. The Morgan fingerprint density at radius 2 is 0.744 bits per heavy atom. The topological polar surface area (TPSA) is 92.0 Å². The zero-order valence-electron chi connectivity index (χ0n) is 47.3. The predicted molar refractivity (Wildman–Crippen MR) is 322 cm³/mol. The average Bonchev–Trinajstić information content (AvgIpc) is 3.44. The van der Waals surface area contributed by atoms with Crippen molar-refractivity contribution < 1.29 is 19.0 Å². The first-order valence-corrected chi connectivity index (χ1v) is 27.9. The largest absolute Gasteiger partial charge is 0.507 e. The molecule has 6 aromatic carbocycles. The molecule has 12 bridgehead atoms. The monoisotopic (exact) mass is 1040 g/mol. The predicted octanol–water partition coefficient (Wildman–Crippen LogP) is 19.1. The molecule has 78 heavy (non-hydrogen) atoms. The van der Waals surface area contributed by atoms with Crippen LogP contribution in [0.1, 0.15) is 163 Å². The Labute approximate surface area is 459 Å². The molecule has 0 radical (unpaired) electrons. The van der Waals surface area contributed by atoms with E-state index in [4.69, 9.17) is 19.9 Å². The first-order chi connectivity index (χ1) is 37.3. The van der Waals surface area contributed by atoms with Gasteiger partial charge < -0.3 is 10.2 Å². The second-order valence-corrected chi connectivity index (χ2v) is 23.3. The lowest BCUT2D eigenvalue weighted by atomic mass is 9.78. The fourth-order valence-corrected chi connectivity index (χ4v) is 11.3. The molecule has 400 valence electrons. The second-order valence-electron chi connectivity index (χ2n) is 23.3. The highest BCUT2D eigenvalue weighted by Crippen LogP contribution is 2.41. The molecule has 9 aliphatic rings. The second kappa shape index (κ2) is 23.2. The van der Waals surface area contributed by atoms with Gasteiger partial charge in [0.05, 0.1) is 11.0 Å². The number of nitrogens with zero attached hydrogens (tertiary/aromatic N) is 4. The number of aromatic nitrogens is 4. The average molecular weight is 1040 g/mol. The number of hydrogen-bond donors (Lipinski definition) is 2. The third kappa shape index (κ3) is 11.5. The molecule has 2 N–H and O–H groups in total. The van der Waals surface area contributed by atoms with E-state index in [1.807, 2.05) is 30.3 Å². The number of phenolic OH excluding ortho intramolecular Hbond substituents is 2. The van der Waals surface area contributed by atoms with E-state index in [0.717, 1.165) is 84.3 Å². The van der Waals surface area contributed by atoms with Gasteiger partial charge in [0.2, 0.25) is 0 Å². The summed E-state index contributed by atoms with van der Waals surface area (Å²) < 4.78 is 31.4. The first-order valence-electron chi connectivity index (χ1n) is 27.9. The van der Waals surface area contributed by atoms with Gasteiger partial charge in [-0.2, -0.15) is 0 Å². The Kier molecular flexibility index (Phi) is 16.4. The molecule has 0 saturated heterocycles. The molecule has 0 amide bonds. The molecule has 9 aromatic rings. The van der Waals surface area contributed by atoms with Gasteiger partial charge in [0, 0.05) is 69.6 Å². The molecule has 3 aromatic heterocycles. The summed E-state index contributed by atoms with van der Waals surface area (Å²) in [6.45, 7) is 26.2. The minimum Gasteiger partial charge on any atom is -0.507 e. The van der Waals surface area contributed by atoms with Crippen LogP contribution in [0.4, 0.5) is 8.78 Å². The number of aromatic hydroxyl groups is 2. The van der Waals surface area contributed by atoms with E-state index in [2.05, 4.69) is 150 Å². The Bertz CT molecular complexity index is 3870. The lowest BCUT2D eigenvalue weighted by Gasteiger charge is -2.28. The Morgan fingerprint density at radius 3 is 1.13 bits per heavy atom. The van der Waals surface area contributed by atoms with Crippen molar-refractivity contribution in [1.29, 1.82) is 0 Å². The van der Waals surface area contributed by atoms with Crippen molar-refractivity contribution in [3.05, 3.63) is 203 Å². The standard InChI is InChI=1S/C70H74F2N4O2/c1-39(2)60-29-46-30-61(40(3)4)66(60)75-37-51-27-54(72)28-52(70(51)78)38-76-68-64(43(9)10)33-48(34-65(68)44(11)12)59-20-16-15-19-58(59)47-31-62(41(5)6)67(63(32-47)42(7)8)74-36-50-26-53(71)25-49(69(50)77)35-73-55-23-21-45(22-24-55)56-17-13-14-18-57(46)56/h13-29,31-33,35-44,61,65,77-78H,30,34H2,1-12H3. The van der Waals surface area contributed by atoms with E-state index in [1.165, 1.54) is 41.6 Å². The van der Waals surface area contributed by atoms with Gasteiger partial charge in [-0.05, 0) is 163 Å². The smallest absolute Gasteiger partial charge is 0.133 e. The summed E-state index contributed by atoms with van der Waals surface area (Å²) in [5.74, 6) is -0.292. The third-order valence-corrected chi connectivity index (χ3v) is 15.8. The summed E-state index contributed by atoms with van der Waals surface area (Å²) in [5, 5.41) is 31.2. The van der Waals surface area contributed by atoms with E-state index in [1.54, 1.807) is 18.6 Å². The quantitative estimate of drug-likeness (QED) is 0.172. The minimum absolute atomic E-state index is 0.0254. The summed E-state index contributed by atoms with van der Waals surface area (Å²) in [5.41, 5.74) is 9.97. The highest BCUT2D eigenvalue weighted by Gasteiger charge is 2.28. The number of hydrogen-bond acceptors (Lipinski definition) is 6. The maximum absolute atomic E-state index is 15.8. The molecule has 7 aliphatic heterocycles. The summed E-state index contributed by atoms with van der Waals surface area (Å²) in [6.07, 6.45) is 7.78. The van der Waals surface area contributed by atoms with Gasteiger partial charge >= 0.3 is 0 Å². The lowest BCUT2D eigenvalue weighted by Crippen LogP contribution is -2.17. The van der Waals surface area contributed by atoms with Crippen LogP contribution in [0, 0.1) is 23.5 Å². The Morgan fingerprint density at radius 1 is 0.385 bits per heavy atom. The fraction of sp³-hybridized carbons (Fsp3) is 0.314. The van der Waals surface area contributed by atoms with Crippen molar-refractivity contribution in [2.75, 3.05) is 0 Å². The molecule has 10 heterocycles. The molecule has 0 spiro atoms. The maximum atomic E-state index is 15.8. The zero-order valence-corrected chi connectivity index (χ0v) is 47.3. The van der Waals surface area contributed by atoms with Crippen molar-refractivity contribution in [1.82, 2.24) is 19.9 Å². The van der Waals surface area contributed by atoms with Gasteiger partial charge in [-0.3, -0.25) is 19.9 Å². The van der Waals surface area contributed by atoms with Crippen LogP contribution < -0.4 is 0 Å². The van der Waals surface area contributed by atoms with E-state index in [0.29, 0.717) is 16.3 Å². The molecule has 6 nitrogen and oxygen atoms in total. The number of benzene rings is 6. The van der Waals surface area contributed by atoms with Gasteiger partial charge in [0.15, 0.2) is 0 Å². The SMILES string of the molecule is CC(C)c1cc2c3ccccc3c3ccc(cc3)ncc3cc(F)cc(cnc4c(C(C)C)cc(cc4C(C)C)c4ccccc4c4cc(C(C)C)c(ncc5cc(F)cc(cnc1C(C(C)C)C2)c5O)C(C(C)C)C4)c3O. The normalized spacial score (nSPS) is 14.5. The molecule has 18 rings (SSSR count). The van der Waals surface area contributed by atoms with Crippen LogP contribution in [0.15, 0.2) is 146 Å². The van der Waals surface area contributed by atoms with Gasteiger partial charge in [-0.1, -0.05) is 156 Å². The molecular formula is C70H74F2N4O2. The minimum atomic E-state index is -0.507. The van der Waals surface area contributed by atoms with Crippen LogP contribution >= 0.6 is 0 Å². The van der Waals surface area contributed by atoms with E-state index in [9.17, 15) is 10.2 Å². The number of halogens is 2. The molecule has 0 saturated carbocycles. The Balaban J connectivity index is 1.41. The molecule has 2 unspecified atom stereocenters. The van der Waals surface area contributed by atoms with Crippen molar-refractivity contribution >= 4 is 64.9 Å². The molecular weight excluding hydrogens is 967 g/mol. The van der Waals surface area contributed by atoms with E-state index in [-0.39, 0.29) is 69.6 Å². The van der Waals surface area contributed by atoms with Gasteiger partial charge in [-0.25, -0.2) is 8.78 Å². The zero-order chi connectivity index (χ0) is 55.7. The number of rotatable bonds is 6. The van der Waals surface area contributed by atoms with E-state index < -0.39 is 11.6 Å². The molecule has 2 atom stereocenters. The highest BCUT2D eigenvalue weighted by molar-refractivity contribution is 6.00. The van der Waals surface area contributed by atoms with Crippen LogP contribution in [-0.2, 0) is 12.8 Å². The summed E-state index contributed by atoms with van der Waals surface area (Å²) in [6, 6.07) is 39.2. The van der Waals surface area contributed by atoms with Crippen LogP contribution in [0.3, 0.4) is 0 Å². The third-order valence-electron chi connectivity index (χ3n) is 15.8. The van der Waals surface area contributed by atoms with Crippen molar-refractivity contribution in [3.63, 3.8) is 0 Å². The number of phenols is 2. The van der Waals surface area contributed by atoms with Gasteiger partial charge in [-0.15, -0.1) is 0 Å². The van der Waals surface area contributed by atoms with Crippen molar-refractivity contribution in [3.8, 4) is 11.5 Å². The van der Waals surface area contributed by atoms with Crippen LogP contribution in [0.5, 0.6) is 11.5 Å². The highest BCUT2D eigenvalue weighted by atomic mass is 19.1. The van der Waals surface area contributed by atoms with Gasteiger partial charge in [0.25, 0.3) is 0 Å². The summed E-state index contributed by atoms with van der Waals surface area (Å²) in [7, 11) is 0. The first kappa shape index (κ1) is 55.2. The van der Waals surface area contributed by atoms with Crippen molar-refractivity contribution in [2.24, 2.45) is 11.8 Å². The van der Waals surface area contributed by atoms with Crippen molar-refractivity contribution in [2.45, 2.75) is 131 Å². The van der Waals surface area contributed by atoms with Crippen LogP contribution in [0.25, 0.3) is 64.9 Å². The molecule has 8 heteroatoms.